The van der Waals surface area contributed by atoms with Gasteiger partial charge in [0.2, 0.25) is 0 Å². The summed E-state index contributed by atoms with van der Waals surface area (Å²) in [4.78, 5) is 0. The number of phenolic OH excluding ortho intramolecular Hbond substituents is 1. The largest absolute Gasteiger partial charge is 0.508 e. The molecule has 3 unspecified atom stereocenters. The highest BCUT2D eigenvalue weighted by molar-refractivity contribution is 5.58. The third-order valence-electron chi connectivity index (χ3n) is 3.60. The molecule has 4 N–H and O–H groups in total. The first kappa shape index (κ1) is 9.93. The minimum Gasteiger partial charge on any atom is -0.508 e. The van der Waals surface area contributed by atoms with Crippen molar-refractivity contribution < 1.29 is 9.84 Å². The Kier molecular flexibility index (Phi) is 2.26. The molecule has 1 fully saturated rings. The first-order valence-electron chi connectivity index (χ1n) is 5.68. The Balaban J connectivity index is 2.00. The van der Waals surface area contributed by atoms with E-state index in [0.717, 1.165) is 24.3 Å². The Morgan fingerprint density at radius 3 is 3.19 bits per heavy atom. The molecule has 0 saturated carbocycles. The molecule has 1 aromatic carbocycles. The van der Waals surface area contributed by atoms with Gasteiger partial charge in [-0.25, -0.2) is 0 Å². The lowest BCUT2D eigenvalue weighted by Gasteiger charge is -2.41. The van der Waals surface area contributed by atoms with Crippen molar-refractivity contribution >= 4 is 5.69 Å². The highest BCUT2D eigenvalue weighted by atomic mass is 16.5. The predicted molar refractivity (Wildman–Crippen MR) is 61.4 cm³/mol. The fourth-order valence-electron chi connectivity index (χ4n) is 2.68. The summed E-state index contributed by atoms with van der Waals surface area (Å²) in [6, 6.07) is 5.70. The Morgan fingerprint density at radius 2 is 2.31 bits per heavy atom. The van der Waals surface area contributed by atoms with Crippen LogP contribution in [0, 0.1) is 5.92 Å². The third-order valence-corrected chi connectivity index (χ3v) is 3.60. The molecule has 0 radical (unpaired) electrons. The predicted octanol–water partition coefficient (Wildman–Crippen LogP) is 1.22. The minimum atomic E-state index is -0.0475. The van der Waals surface area contributed by atoms with Gasteiger partial charge in [-0.3, -0.25) is 0 Å². The molecule has 2 heterocycles. The van der Waals surface area contributed by atoms with Crippen LogP contribution in [-0.4, -0.2) is 24.4 Å². The summed E-state index contributed by atoms with van der Waals surface area (Å²) in [5.41, 5.74) is 8.28. The molecule has 3 atom stereocenters. The van der Waals surface area contributed by atoms with Gasteiger partial charge >= 0.3 is 0 Å². The number of benzene rings is 1. The van der Waals surface area contributed by atoms with Crippen LogP contribution in [0.5, 0.6) is 5.75 Å². The van der Waals surface area contributed by atoms with Crippen molar-refractivity contribution in [3.63, 3.8) is 0 Å². The van der Waals surface area contributed by atoms with Gasteiger partial charge in [0.1, 0.15) is 5.75 Å². The maximum atomic E-state index is 9.49. The average Bonchev–Trinajstić information content (AvgIpc) is 2.31. The van der Waals surface area contributed by atoms with Crippen LogP contribution in [0.2, 0.25) is 0 Å². The number of fused-ring (bicyclic) bond motifs is 2. The molecule has 0 spiro atoms. The quantitative estimate of drug-likeness (QED) is 0.575. The lowest BCUT2D eigenvalue weighted by atomic mass is 9.81. The van der Waals surface area contributed by atoms with E-state index in [4.69, 9.17) is 10.5 Å². The first-order valence-corrected chi connectivity index (χ1v) is 5.68. The van der Waals surface area contributed by atoms with Crippen molar-refractivity contribution in [2.24, 2.45) is 11.7 Å². The normalized spacial score (nSPS) is 32.4. The number of ether oxygens (including phenoxy) is 1. The van der Waals surface area contributed by atoms with Crippen molar-refractivity contribution in [3.05, 3.63) is 23.8 Å². The second-order valence-electron chi connectivity index (χ2n) is 4.58. The minimum absolute atomic E-state index is 0.0475. The Bertz CT molecular complexity index is 408. The van der Waals surface area contributed by atoms with Crippen LogP contribution in [0.4, 0.5) is 5.69 Å². The molecule has 0 aliphatic carbocycles. The monoisotopic (exact) mass is 220 g/mol. The fourth-order valence-corrected chi connectivity index (χ4v) is 2.68. The summed E-state index contributed by atoms with van der Waals surface area (Å²) in [7, 11) is 0. The van der Waals surface area contributed by atoms with Gasteiger partial charge in [-0.15, -0.1) is 0 Å². The highest BCUT2D eigenvalue weighted by Crippen LogP contribution is 2.39. The van der Waals surface area contributed by atoms with Crippen LogP contribution in [0.25, 0.3) is 0 Å². The molecule has 2 aliphatic rings. The van der Waals surface area contributed by atoms with E-state index >= 15 is 0 Å². The third kappa shape index (κ3) is 1.45. The lowest BCUT2D eigenvalue weighted by molar-refractivity contribution is 0.0341. The van der Waals surface area contributed by atoms with E-state index in [-0.39, 0.29) is 11.8 Å². The van der Waals surface area contributed by atoms with Gasteiger partial charge in [0.15, 0.2) is 0 Å². The van der Waals surface area contributed by atoms with Crippen molar-refractivity contribution in [2.75, 3.05) is 18.5 Å². The number of rotatable bonds is 0. The van der Waals surface area contributed by atoms with E-state index in [9.17, 15) is 5.11 Å². The van der Waals surface area contributed by atoms with Crippen LogP contribution < -0.4 is 11.1 Å². The lowest BCUT2D eigenvalue weighted by Crippen LogP contribution is -2.46. The van der Waals surface area contributed by atoms with E-state index in [1.807, 2.05) is 6.07 Å². The zero-order valence-corrected chi connectivity index (χ0v) is 9.02. The molecular formula is C12H16N2O2. The summed E-state index contributed by atoms with van der Waals surface area (Å²) in [5, 5.41) is 13.0. The number of hydrogen-bond donors (Lipinski definition) is 3. The van der Waals surface area contributed by atoms with Crippen LogP contribution in [0.15, 0.2) is 18.2 Å². The Hall–Kier alpha value is -1.26. The van der Waals surface area contributed by atoms with Gasteiger partial charge in [-0.05, 0) is 30.2 Å². The van der Waals surface area contributed by atoms with Gasteiger partial charge < -0.3 is 20.9 Å². The number of aromatic hydroxyl groups is 1. The summed E-state index contributed by atoms with van der Waals surface area (Å²) in [6.45, 7) is 1.50. The Morgan fingerprint density at radius 1 is 1.44 bits per heavy atom. The molecule has 1 aromatic rings. The second-order valence-corrected chi connectivity index (χ2v) is 4.58. The molecule has 0 bridgehead atoms. The highest BCUT2D eigenvalue weighted by Gasteiger charge is 2.36. The van der Waals surface area contributed by atoms with Crippen molar-refractivity contribution in [1.82, 2.24) is 0 Å². The number of nitrogens with two attached hydrogens (primary N) is 1. The second kappa shape index (κ2) is 3.64. The molecular weight excluding hydrogens is 204 g/mol. The fraction of sp³-hybridized carbons (Fsp3) is 0.500. The van der Waals surface area contributed by atoms with Crippen molar-refractivity contribution in [1.29, 1.82) is 0 Å². The molecule has 4 nitrogen and oxygen atoms in total. The summed E-state index contributed by atoms with van der Waals surface area (Å²) < 4.78 is 5.47. The standard InChI is InChI=1S/C12H16N2O2/c13-12-8-5-7(15)1-2-10(8)14-11-3-4-16-6-9(11)12/h1-2,5,9,11-12,14-15H,3-4,6,13H2. The number of hydrogen-bond acceptors (Lipinski definition) is 4. The van der Waals surface area contributed by atoms with E-state index in [1.165, 1.54) is 0 Å². The zero-order chi connectivity index (χ0) is 11.1. The maximum absolute atomic E-state index is 9.49. The summed E-state index contributed by atoms with van der Waals surface area (Å²) in [5.74, 6) is 0.578. The molecule has 86 valence electrons. The van der Waals surface area contributed by atoms with E-state index in [1.54, 1.807) is 12.1 Å². The molecule has 2 aliphatic heterocycles. The van der Waals surface area contributed by atoms with Crippen LogP contribution in [-0.2, 0) is 4.74 Å². The average molecular weight is 220 g/mol. The van der Waals surface area contributed by atoms with Crippen molar-refractivity contribution in [3.8, 4) is 5.75 Å². The molecule has 16 heavy (non-hydrogen) atoms. The maximum Gasteiger partial charge on any atom is 0.116 e. The first-order chi connectivity index (χ1) is 7.75. The molecule has 0 amide bonds. The van der Waals surface area contributed by atoms with Gasteiger partial charge in [0.05, 0.1) is 6.61 Å². The SMILES string of the molecule is NC1c2cc(O)ccc2NC2CCOCC21. The van der Waals surface area contributed by atoms with E-state index in [2.05, 4.69) is 5.32 Å². The van der Waals surface area contributed by atoms with Gasteiger partial charge in [0, 0.05) is 30.3 Å². The van der Waals surface area contributed by atoms with Gasteiger partial charge in [-0.1, -0.05) is 0 Å². The molecule has 4 heteroatoms. The number of phenols is 1. The Labute approximate surface area is 94.4 Å². The van der Waals surface area contributed by atoms with Gasteiger partial charge in [-0.2, -0.15) is 0 Å². The van der Waals surface area contributed by atoms with Crippen LogP contribution >= 0.6 is 0 Å². The van der Waals surface area contributed by atoms with Crippen molar-refractivity contribution in [2.45, 2.75) is 18.5 Å². The molecule has 3 rings (SSSR count). The van der Waals surface area contributed by atoms with E-state index in [0.29, 0.717) is 18.6 Å². The van der Waals surface area contributed by atoms with Crippen LogP contribution in [0.1, 0.15) is 18.0 Å². The summed E-state index contributed by atoms with van der Waals surface area (Å²) >= 11 is 0. The van der Waals surface area contributed by atoms with Gasteiger partial charge in [0.25, 0.3) is 0 Å². The zero-order valence-electron chi connectivity index (χ0n) is 9.02. The number of nitrogens with one attached hydrogen (secondary N) is 1. The topological polar surface area (TPSA) is 67.5 Å². The van der Waals surface area contributed by atoms with Crippen LogP contribution in [0.3, 0.4) is 0 Å². The molecule has 0 aromatic heterocycles. The molecule has 1 saturated heterocycles. The smallest absolute Gasteiger partial charge is 0.116 e. The number of anilines is 1. The van der Waals surface area contributed by atoms with E-state index < -0.39 is 0 Å². The summed E-state index contributed by atoms with van der Waals surface area (Å²) in [6.07, 6.45) is 0.999.